The van der Waals surface area contributed by atoms with E-state index in [1.165, 1.54) is 12.8 Å². The van der Waals surface area contributed by atoms with Crippen molar-refractivity contribution in [1.29, 1.82) is 0 Å². The molecule has 1 heterocycles. The van der Waals surface area contributed by atoms with Crippen LogP contribution in [-0.2, 0) is 4.79 Å². The number of nitrogens with one attached hydrogen (secondary N) is 1. The van der Waals surface area contributed by atoms with Gasteiger partial charge in [0.2, 0.25) is 5.91 Å². The number of amides is 1. The van der Waals surface area contributed by atoms with Gasteiger partial charge in [0, 0.05) is 12.6 Å². The van der Waals surface area contributed by atoms with E-state index in [1.807, 2.05) is 17.9 Å². The number of rotatable bonds is 4. The lowest BCUT2D eigenvalue weighted by atomic mass is 9.98. The van der Waals surface area contributed by atoms with Gasteiger partial charge >= 0.3 is 0 Å². The van der Waals surface area contributed by atoms with E-state index in [-0.39, 0.29) is 11.9 Å². The molecule has 3 heteroatoms. The molecule has 1 amide bonds. The topological polar surface area (TPSA) is 32.3 Å². The molecule has 1 fully saturated rings. The van der Waals surface area contributed by atoms with Crippen LogP contribution in [0.15, 0.2) is 12.2 Å². The first-order valence-corrected chi connectivity index (χ1v) is 6.29. The summed E-state index contributed by atoms with van der Waals surface area (Å²) in [6, 6.07) is 0.283. The van der Waals surface area contributed by atoms with E-state index in [2.05, 4.69) is 19.2 Å². The number of nitrogens with zero attached hydrogens (tertiary/aromatic N) is 1. The van der Waals surface area contributed by atoms with Gasteiger partial charge < -0.3 is 10.2 Å². The summed E-state index contributed by atoms with van der Waals surface area (Å²) < 4.78 is 0. The minimum absolute atomic E-state index is 0.142. The fraction of sp³-hybridized carbons (Fsp3) is 0.769. The van der Waals surface area contributed by atoms with E-state index >= 15 is 0 Å². The molecule has 0 bridgehead atoms. The van der Waals surface area contributed by atoms with Gasteiger partial charge in [0.05, 0.1) is 0 Å². The standard InChI is InChI=1S/C13H24N2O/c1-4-6-13(16)15(11(2)3)10-12-7-5-8-14-9-12/h4,6,11-12,14H,5,7-10H2,1-3H3/b6-4+. The van der Waals surface area contributed by atoms with Crippen molar-refractivity contribution in [2.45, 2.75) is 39.7 Å². The predicted molar refractivity (Wildman–Crippen MR) is 67.3 cm³/mol. The van der Waals surface area contributed by atoms with Crippen LogP contribution in [0, 0.1) is 5.92 Å². The Morgan fingerprint density at radius 1 is 1.56 bits per heavy atom. The Bertz CT molecular complexity index is 242. The van der Waals surface area contributed by atoms with Gasteiger partial charge in [0.15, 0.2) is 0 Å². The second-order valence-corrected chi connectivity index (χ2v) is 4.80. The molecule has 0 aromatic carbocycles. The van der Waals surface area contributed by atoms with Crippen LogP contribution in [-0.4, -0.2) is 36.5 Å². The van der Waals surface area contributed by atoms with Gasteiger partial charge in [0.25, 0.3) is 0 Å². The maximum absolute atomic E-state index is 11.9. The summed E-state index contributed by atoms with van der Waals surface area (Å²) in [6.45, 7) is 9.11. The summed E-state index contributed by atoms with van der Waals surface area (Å²) in [7, 11) is 0. The largest absolute Gasteiger partial charge is 0.336 e. The molecule has 1 atom stereocenters. The average Bonchev–Trinajstić information content (AvgIpc) is 2.27. The molecule has 0 saturated carbocycles. The van der Waals surface area contributed by atoms with E-state index in [0.29, 0.717) is 5.92 Å². The third-order valence-electron chi connectivity index (χ3n) is 3.07. The van der Waals surface area contributed by atoms with Crippen molar-refractivity contribution in [1.82, 2.24) is 10.2 Å². The predicted octanol–water partition coefficient (Wildman–Crippen LogP) is 1.80. The number of hydrogen-bond donors (Lipinski definition) is 1. The quantitative estimate of drug-likeness (QED) is 0.739. The van der Waals surface area contributed by atoms with Gasteiger partial charge in [-0.15, -0.1) is 0 Å². The summed E-state index contributed by atoms with van der Waals surface area (Å²) in [5.74, 6) is 0.758. The van der Waals surface area contributed by atoms with Crippen LogP contribution in [0.1, 0.15) is 33.6 Å². The molecule has 3 nitrogen and oxygen atoms in total. The summed E-state index contributed by atoms with van der Waals surface area (Å²) >= 11 is 0. The number of carbonyl (C=O) groups is 1. The van der Waals surface area contributed by atoms with Crippen molar-refractivity contribution in [3.63, 3.8) is 0 Å². The zero-order chi connectivity index (χ0) is 12.0. The molecule has 1 saturated heterocycles. The molecule has 1 aliphatic heterocycles. The molecule has 92 valence electrons. The highest BCUT2D eigenvalue weighted by atomic mass is 16.2. The normalized spacial score (nSPS) is 21.6. The maximum atomic E-state index is 11.9. The van der Waals surface area contributed by atoms with E-state index in [4.69, 9.17) is 0 Å². The molecule has 1 rings (SSSR count). The van der Waals surface area contributed by atoms with Gasteiger partial charge in [-0.05, 0) is 58.7 Å². The van der Waals surface area contributed by atoms with Crippen LogP contribution in [0.25, 0.3) is 0 Å². The fourth-order valence-corrected chi connectivity index (χ4v) is 2.15. The lowest BCUT2D eigenvalue weighted by molar-refractivity contribution is -0.128. The van der Waals surface area contributed by atoms with Gasteiger partial charge in [-0.3, -0.25) is 4.79 Å². The number of piperidine rings is 1. The van der Waals surface area contributed by atoms with Crippen LogP contribution in [0.5, 0.6) is 0 Å². The molecular formula is C13H24N2O. The van der Waals surface area contributed by atoms with Crippen molar-refractivity contribution < 1.29 is 4.79 Å². The molecular weight excluding hydrogens is 200 g/mol. The Morgan fingerprint density at radius 2 is 2.31 bits per heavy atom. The third kappa shape index (κ3) is 3.97. The van der Waals surface area contributed by atoms with Crippen LogP contribution in [0.3, 0.4) is 0 Å². The van der Waals surface area contributed by atoms with Crippen molar-refractivity contribution >= 4 is 5.91 Å². The fourth-order valence-electron chi connectivity index (χ4n) is 2.15. The number of allylic oxidation sites excluding steroid dienone is 1. The van der Waals surface area contributed by atoms with Crippen molar-refractivity contribution in [3.05, 3.63) is 12.2 Å². The van der Waals surface area contributed by atoms with E-state index in [1.54, 1.807) is 6.08 Å². The van der Waals surface area contributed by atoms with E-state index in [0.717, 1.165) is 19.6 Å². The van der Waals surface area contributed by atoms with E-state index in [9.17, 15) is 4.79 Å². The third-order valence-corrected chi connectivity index (χ3v) is 3.07. The Labute approximate surface area is 98.9 Å². The van der Waals surface area contributed by atoms with Crippen LogP contribution in [0.4, 0.5) is 0 Å². The molecule has 16 heavy (non-hydrogen) atoms. The molecule has 1 aliphatic rings. The molecule has 0 aliphatic carbocycles. The highest BCUT2D eigenvalue weighted by Gasteiger charge is 2.21. The number of carbonyl (C=O) groups excluding carboxylic acids is 1. The SMILES string of the molecule is C/C=C/C(=O)N(CC1CCCNC1)C(C)C. The van der Waals surface area contributed by atoms with Crippen LogP contribution >= 0.6 is 0 Å². The first-order chi connectivity index (χ1) is 7.65. The van der Waals surface area contributed by atoms with Crippen molar-refractivity contribution in [2.75, 3.05) is 19.6 Å². The lowest BCUT2D eigenvalue weighted by Gasteiger charge is -2.32. The molecule has 0 radical (unpaired) electrons. The Hall–Kier alpha value is -0.830. The molecule has 1 N–H and O–H groups in total. The summed E-state index contributed by atoms with van der Waals surface area (Å²) in [5.41, 5.74) is 0. The minimum atomic E-state index is 0.142. The van der Waals surface area contributed by atoms with Gasteiger partial charge in [-0.2, -0.15) is 0 Å². The zero-order valence-electron chi connectivity index (χ0n) is 10.7. The minimum Gasteiger partial charge on any atom is -0.336 e. The summed E-state index contributed by atoms with van der Waals surface area (Å²) in [6.07, 6.45) is 5.95. The highest BCUT2D eigenvalue weighted by Crippen LogP contribution is 2.14. The highest BCUT2D eigenvalue weighted by molar-refractivity contribution is 5.87. The van der Waals surface area contributed by atoms with Crippen molar-refractivity contribution in [3.8, 4) is 0 Å². The van der Waals surface area contributed by atoms with Gasteiger partial charge in [-0.1, -0.05) is 6.08 Å². The van der Waals surface area contributed by atoms with Gasteiger partial charge in [-0.25, -0.2) is 0 Å². The van der Waals surface area contributed by atoms with Crippen molar-refractivity contribution in [2.24, 2.45) is 5.92 Å². The molecule has 1 unspecified atom stereocenters. The summed E-state index contributed by atoms with van der Waals surface area (Å²) in [5, 5.41) is 3.39. The Balaban J connectivity index is 2.52. The second-order valence-electron chi connectivity index (χ2n) is 4.80. The Kier molecular flexibility index (Phi) is 5.53. The lowest BCUT2D eigenvalue weighted by Crippen LogP contribution is -2.43. The average molecular weight is 224 g/mol. The zero-order valence-corrected chi connectivity index (χ0v) is 10.7. The second kappa shape index (κ2) is 6.69. The molecule has 0 spiro atoms. The van der Waals surface area contributed by atoms with Crippen LogP contribution < -0.4 is 5.32 Å². The monoisotopic (exact) mass is 224 g/mol. The number of hydrogen-bond acceptors (Lipinski definition) is 2. The van der Waals surface area contributed by atoms with Crippen LogP contribution in [0.2, 0.25) is 0 Å². The molecule has 0 aromatic heterocycles. The first kappa shape index (κ1) is 13.2. The van der Waals surface area contributed by atoms with E-state index < -0.39 is 0 Å². The maximum Gasteiger partial charge on any atom is 0.246 e. The first-order valence-electron chi connectivity index (χ1n) is 6.29. The Morgan fingerprint density at radius 3 is 2.81 bits per heavy atom. The smallest absolute Gasteiger partial charge is 0.246 e. The summed E-state index contributed by atoms with van der Waals surface area (Å²) in [4.78, 5) is 13.8. The molecule has 0 aromatic rings. The van der Waals surface area contributed by atoms with Gasteiger partial charge in [0.1, 0.15) is 0 Å².